The molecule has 0 radical (unpaired) electrons. The van der Waals surface area contributed by atoms with Gasteiger partial charge in [0.1, 0.15) is 6.61 Å². The predicted molar refractivity (Wildman–Crippen MR) is 130 cm³/mol. The number of hydrogen-bond donors (Lipinski definition) is 0. The van der Waals surface area contributed by atoms with Crippen molar-refractivity contribution in [3.63, 3.8) is 0 Å². The lowest BCUT2D eigenvalue weighted by molar-refractivity contribution is 0.0990. The zero-order chi connectivity index (χ0) is 23.4. The van der Waals surface area contributed by atoms with E-state index in [1.54, 1.807) is 42.5 Å². The van der Waals surface area contributed by atoms with Gasteiger partial charge < -0.3 is 9.47 Å². The standard InChI is InChI=1S/C28H23ClO4/c1-3-7-20-14-19(15-24-26(30)22-8-5-6-9-23(22)27(24)31)16-25(32-4-2)28(20)33-17-18-10-12-21(29)13-11-18/h3,5-6,8-16H,1,4,7,17H2,2H3. The largest absolute Gasteiger partial charge is 0.490 e. The van der Waals surface area contributed by atoms with Gasteiger partial charge in [-0.15, -0.1) is 6.58 Å². The quantitative estimate of drug-likeness (QED) is 0.219. The highest BCUT2D eigenvalue weighted by molar-refractivity contribution is 6.41. The molecule has 0 spiro atoms. The zero-order valence-electron chi connectivity index (χ0n) is 18.3. The van der Waals surface area contributed by atoms with Crippen LogP contribution in [-0.4, -0.2) is 18.2 Å². The number of ketones is 2. The van der Waals surface area contributed by atoms with Crippen molar-refractivity contribution in [1.82, 2.24) is 0 Å². The van der Waals surface area contributed by atoms with E-state index in [1.165, 1.54) is 0 Å². The van der Waals surface area contributed by atoms with Crippen LogP contribution in [0.4, 0.5) is 0 Å². The molecule has 0 saturated carbocycles. The Morgan fingerprint density at radius 3 is 2.21 bits per heavy atom. The molecule has 166 valence electrons. The van der Waals surface area contributed by atoms with E-state index >= 15 is 0 Å². The van der Waals surface area contributed by atoms with Gasteiger partial charge in [0.15, 0.2) is 23.1 Å². The van der Waals surface area contributed by atoms with Crippen molar-refractivity contribution in [3.05, 3.63) is 112 Å². The van der Waals surface area contributed by atoms with Crippen LogP contribution in [0.15, 0.2) is 78.9 Å². The third-order valence-corrected chi connectivity index (χ3v) is 5.58. The Labute approximate surface area is 198 Å². The van der Waals surface area contributed by atoms with Gasteiger partial charge >= 0.3 is 0 Å². The second kappa shape index (κ2) is 9.88. The van der Waals surface area contributed by atoms with E-state index < -0.39 is 0 Å². The Balaban J connectivity index is 1.71. The van der Waals surface area contributed by atoms with Gasteiger partial charge in [-0.05, 0) is 54.8 Å². The molecule has 0 unspecified atom stereocenters. The summed E-state index contributed by atoms with van der Waals surface area (Å²) in [4.78, 5) is 25.6. The fourth-order valence-corrected chi connectivity index (χ4v) is 3.93. The molecular weight excluding hydrogens is 436 g/mol. The van der Waals surface area contributed by atoms with E-state index in [-0.39, 0.29) is 17.1 Å². The molecule has 0 bridgehead atoms. The van der Waals surface area contributed by atoms with Crippen LogP contribution < -0.4 is 9.47 Å². The van der Waals surface area contributed by atoms with E-state index in [2.05, 4.69) is 6.58 Å². The number of allylic oxidation sites excluding steroid dienone is 2. The first kappa shape index (κ1) is 22.6. The number of ether oxygens (including phenoxy) is 2. The Bertz CT molecular complexity index is 1220. The molecule has 0 N–H and O–H groups in total. The maximum absolute atomic E-state index is 12.8. The molecule has 0 aromatic heterocycles. The molecule has 3 aromatic rings. The number of hydrogen-bond acceptors (Lipinski definition) is 4. The highest BCUT2D eigenvalue weighted by atomic mass is 35.5. The lowest BCUT2D eigenvalue weighted by atomic mass is 10.0. The van der Waals surface area contributed by atoms with Crippen LogP contribution in [0.3, 0.4) is 0 Å². The molecule has 0 fully saturated rings. The van der Waals surface area contributed by atoms with Gasteiger partial charge in [0.2, 0.25) is 0 Å². The van der Waals surface area contributed by atoms with Gasteiger partial charge in [-0.2, -0.15) is 0 Å². The molecule has 0 heterocycles. The highest BCUT2D eigenvalue weighted by Crippen LogP contribution is 2.36. The molecule has 1 aliphatic rings. The van der Waals surface area contributed by atoms with Crippen molar-refractivity contribution in [2.45, 2.75) is 20.0 Å². The number of carbonyl (C=O) groups is 2. The molecule has 0 saturated heterocycles. The summed E-state index contributed by atoms with van der Waals surface area (Å²) in [6.45, 7) is 6.52. The second-order valence-electron chi connectivity index (χ2n) is 7.61. The molecule has 33 heavy (non-hydrogen) atoms. The number of halogens is 1. The van der Waals surface area contributed by atoms with E-state index in [1.807, 2.05) is 37.3 Å². The van der Waals surface area contributed by atoms with Gasteiger partial charge in [-0.3, -0.25) is 9.59 Å². The molecule has 4 rings (SSSR count). The average molecular weight is 459 g/mol. The normalized spacial score (nSPS) is 12.5. The molecule has 0 amide bonds. The SMILES string of the molecule is C=CCc1cc(C=C2C(=O)c3ccccc3C2=O)cc(OCC)c1OCc1ccc(Cl)cc1. The third-order valence-electron chi connectivity index (χ3n) is 5.33. The van der Waals surface area contributed by atoms with Crippen LogP contribution in [0.25, 0.3) is 6.08 Å². The van der Waals surface area contributed by atoms with Gasteiger partial charge in [0.25, 0.3) is 0 Å². The molecule has 3 aromatic carbocycles. The topological polar surface area (TPSA) is 52.6 Å². The number of fused-ring (bicyclic) bond motifs is 1. The Morgan fingerprint density at radius 1 is 0.939 bits per heavy atom. The summed E-state index contributed by atoms with van der Waals surface area (Å²) in [5.41, 5.74) is 3.54. The molecule has 4 nitrogen and oxygen atoms in total. The van der Waals surface area contributed by atoms with Crippen molar-refractivity contribution >= 4 is 29.2 Å². The first-order valence-corrected chi connectivity index (χ1v) is 11.1. The van der Waals surface area contributed by atoms with E-state index in [0.717, 1.165) is 11.1 Å². The smallest absolute Gasteiger partial charge is 0.197 e. The Hall–Kier alpha value is -3.63. The number of carbonyl (C=O) groups excluding carboxylic acids is 2. The minimum atomic E-state index is -0.262. The maximum Gasteiger partial charge on any atom is 0.197 e. The fraction of sp³-hybridized carbons (Fsp3) is 0.143. The Kier molecular flexibility index (Phi) is 6.76. The first-order valence-electron chi connectivity index (χ1n) is 10.7. The third kappa shape index (κ3) is 4.76. The number of Topliss-reactive ketones (excluding diaryl/α,β-unsaturated/α-hetero) is 2. The van der Waals surface area contributed by atoms with Crippen LogP contribution in [0, 0.1) is 0 Å². The van der Waals surface area contributed by atoms with E-state index in [4.69, 9.17) is 21.1 Å². The van der Waals surface area contributed by atoms with Crippen molar-refractivity contribution < 1.29 is 19.1 Å². The minimum absolute atomic E-state index is 0.151. The number of rotatable bonds is 8. The monoisotopic (exact) mass is 458 g/mol. The lowest BCUT2D eigenvalue weighted by Crippen LogP contribution is -2.04. The van der Waals surface area contributed by atoms with Crippen molar-refractivity contribution in [3.8, 4) is 11.5 Å². The van der Waals surface area contributed by atoms with E-state index in [0.29, 0.717) is 52.8 Å². The second-order valence-corrected chi connectivity index (χ2v) is 8.05. The first-order chi connectivity index (χ1) is 16.0. The maximum atomic E-state index is 12.8. The molecule has 0 atom stereocenters. The lowest BCUT2D eigenvalue weighted by Gasteiger charge is -2.17. The molecular formula is C28H23ClO4. The number of benzene rings is 3. The van der Waals surface area contributed by atoms with Crippen molar-refractivity contribution in [1.29, 1.82) is 0 Å². The van der Waals surface area contributed by atoms with Crippen LogP contribution in [0.5, 0.6) is 11.5 Å². The van der Waals surface area contributed by atoms with Crippen LogP contribution >= 0.6 is 11.6 Å². The molecule has 5 heteroatoms. The summed E-state index contributed by atoms with van der Waals surface area (Å²) in [5, 5.41) is 0.664. The zero-order valence-corrected chi connectivity index (χ0v) is 19.0. The van der Waals surface area contributed by atoms with Crippen LogP contribution in [-0.2, 0) is 13.0 Å². The Morgan fingerprint density at radius 2 is 1.61 bits per heavy atom. The summed E-state index contributed by atoms with van der Waals surface area (Å²) >= 11 is 5.97. The average Bonchev–Trinajstić information content (AvgIpc) is 3.05. The summed E-state index contributed by atoms with van der Waals surface area (Å²) < 4.78 is 12.0. The van der Waals surface area contributed by atoms with Crippen molar-refractivity contribution in [2.24, 2.45) is 0 Å². The van der Waals surface area contributed by atoms with Crippen molar-refractivity contribution in [2.75, 3.05) is 6.61 Å². The van der Waals surface area contributed by atoms with Crippen LogP contribution in [0.1, 0.15) is 44.3 Å². The minimum Gasteiger partial charge on any atom is -0.490 e. The predicted octanol–water partition coefficient (Wildman–Crippen LogP) is 6.51. The van der Waals surface area contributed by atoms with Crippen LogP contribution in [0.2, 0.25) is 5.02 Å². The molecule has 1 aliphatic carbocycles. The fourth-order valence-electron chi connectivity index (χ4n) is 3.81. The summed E-state index contributed by atoms with van der Waals surface area (Å²) in [6, 6.07) is 18.0. The van der Waals surface area contributed by atoms with Gasteiger partial charge in [0, 0.05) is 21.7 Å². The summed E-state index contributed by atoms with van der Waals surface area (Å²) in [7, 11) is 0. The van der Waals surface area contributed by atoms with E-state index in [9.17, 15) is 9.59 Å². The highest BCUT2D eigenvalue weighted by Gasteiger charge is 2.32. The summed E-state index contributed by atoms with van der Waals surface area (Å²) in [6.07, 6.45) is 3.94. The van der Waals surface area contributed by atoms with Gasteiger partial charge in [0.05, 0.1) is 12.2 Å². The van der Waals surface area contributed by atoms with Gasteiger partial charge in [-0.1, -0.05) is 54.1 Å². The summed E-state index contributed by atoms with van der Waals surface area (Å²) in [5.74, 6) is 0.637. The molecule has 0 aliphatic heterocycles. The van der Waals surface area contributed by atoms with Gasteiger partial charge in [-0.25, -0.2) is 0 Å².